The number of likely N-dealkylation sites (N-methyl/N-ethyl adjacent to an activating group) is 1. The lowest BCUT2D eigenvalue weighted by molar-refractivity contribution is -0.118. The number of carbonyl (C=O) groups excluding carboxylic acids is 1. The van der Waals surface area contributed by atoms with Crippen LogP contribution in [0.25, 0.3) is 10.2 Å². The number of halogens is 1. The first-order valence-corrected chi connectivity index (χ1v) is 12.6. The van der Waals surface area contributed by atoms with E-state index in [-0.39, 0.29) is 11.7 Å². The van der Waals surface area contributed by atoms with Gasteiger partial charge in [0.2, 0.25) is 5.91 Å². The third-order valence-corrected chi connectivity index (χ3v) is 7.43. The molecule has 0 aliphatic carbocycles. The highest BCUT2D eigenvalue weighted by atomic mass is 32.2. The molecular weight excluding hydrogens is 429 g/mol. The highest BCUT2D eigenvalue weighted by Gasteiger charge is 2.20. The van der Waals surface area contributed by atoms with Crippen molar-refractivity contribution in [3.8, 4) is 0 Å². The molecule has 3 aromatic rings. The van der Waals surface area contributed by atoms with Gasteiger partial charge >= 0.3 is 0 Å². The van der Waals surface area contributed by atoms with E-state index in [1.54, 1.807) is 35.2 Å². The molecule has 0 aliphatic heterocycles. The third kappa shape index (κ3) is 6.51. The Bertz CT molecular complexity index is 986. The Morgan fingerprint density at radius 3 is 2.52 bits per heavy atom. The fourth-order valence-electron chi connectivity index (χ4n) is 3.38. The SMILES string of the molecule is CCN(CC)CCN(C(=O)CCCSc1ccc(F)cc1)c1nc2c(C)cccc2s1. The van der Waals surface area contributed by atoms with Crippen LogP contribution in [0.2, 0.25) is 0 Å². The molecule has 0 saturated heterocycles. The second kappa shape index (κ2) is 11.6. The molecule has 0 fully saturated rings. The number of fused-ring (bicyclic) bond motifs is 1. The van der Waals surface area contributed by atoms with Crippen LogP contribution in [0.5, 0.6) is 0 Å². The van der Waals surface area contributed by atoms with E-state index in [0.717, 1.165) is 57.6 Å². The van der Waals surface area contributed by atoms with E-state index in [4.69, 9.17) is 4.98 Å². The van der Waals surface area contributed by atoms with Gasteiger partial charge in [0.1, 0.15) is 5.82 Å². The number of hydrogen-bond donors (Lipinski definition) is 0. The molecule has 0 atom stereocenters. The summed E-state index contributed by atoms with van der Waals surface area (Å²) in [6, 6.07) is 12.7. The summed E-state index contributed by atoms with van der Waals surface area (Å²) >= 11 is 3.24. The number of hydrogen-bond acceptors (Lipinski definition) is 5. The van der Waals surface area contributed by atoms with Gasteiger partial charge in [-0.2, -0.15) is 0 Å². The van der Waals surface area contributed by atoms with Gasteiger partial charge in [0, 0.05) is 24.4 Å². The van der Waals surface area contributed by atoms with E-state index in [1.165, 1.54) is 12.1 Å². The summed E-state index contributed by atoms with van der Waals surface area (Å²) in [7, 11) is 0. The van der Waals surface area contributed by atoms with E-state index in [9.17, 15) is 9.18 Å². The lowest BCUT2D eigenvalue weighted by atomic mass is 10.2. The number of carbonyl (C=O) groups is 1. The largest absolute Gasteiger partial charge is 0.302 e. The summed E-state index contributed by atoms with van der Waals surface area (Å²) < 4.78 is 14.2. The third-order valence-electron chi connectivity index (χ3n) is 5.29. The summed E-state index contributed by atoms with van der Waals surface area (Å²) in [5, 5.41) is 0.785. The molecule has 0 saturated carbocycles. The van der Waals surface area contributed by atoms with Crippen LogP contribution in [0.15, 0.2) is 47.4 Å². The van der Waals surface area contributed by atoms with Gasteiger partial charge in [0.25, 0.3) is 0 Å². The van der Waals surface area contributed by atoms with Crippen LogP contribution in [0, 0.1) is 12.7 Å². The zero-order valence-corrected chi connectivity index (χ0v) is 20.1. The Balaban J connectivity index is 1.66. The molecule has 0 unspecified atom stereocenters. The van der Waals surface area contributed by atoms with Gasteiger partial charge in [0.05, 0.1) is 10.2 Å². The maximum Gasteiger partial charge on any atom is 0.228 e. The van der Waals surface area contributed by atoms with Crippen molar-refractivity contribution in [2.24, 2.45) is 0 Å². The minimum atomic E-state index is -0.227. The molecule has 7 heteroatoms. The number of para-hydroxylation sites is 1. The summed E-state index contributed by atoms with van der Waals surface area (Å²) in [4.78, 5) is 23.2. The highest BCUT2D eigenvalue weighted by Crippen LogP contribution is 2.31. The number of thiazole rings is 1. The van der Waals surface area contributed by atoms with E-state index >= 15 is 0 Å². The molecule has 0 aliphatic rings. The second-order valence-electron chi connectivity index (χ2n) is 7.40. The van der Waals surface area contributed by atoms with Crippen molar-refractivity contribution >= 4 is 44.4 Å². The lowest BCUT2D eigenvalue weighted by Crippen LogP contribution is -2.38. The molecule has 4 nitrogen and oxygen atoms in total. The van der Waals surface area contributed by atoms with Crippen LogP contribution in [0.1, 0.15) is 32.3 Å². The van der Waals surface area contributed by atoms with Crippen LogP contribution in [0.3, 0.4) is 0 Å². The molecule has 1 aromatic heterocycles. The minimum absolute atomic E-state index is 0.114. The maximum absolute atomic E-state index is 13.2. The van der Waals surface area contributed by atoms with Crippen molar-refractivity contribution in [3.05, 3.63) is 53.8 Å². The fraction of sp³-hybridized carbons (Fsp3) is 0.417. The van der Waals surface area contributed by atoms with E-state index in [0.29, 0.717) is 13.0 Å². The molecule has 0 spiro atoms. The van der Waals surface area contributed by atoms with Crippen LogP contribution in [-0.4, -0.2) is 47.7 Å². The molecule has 2 aromatic carbocycles. The predicted octanol–water partition coefficient (Wildman–Crippen LogP) is 5.99. The monoisotopic (exact) mass is 459 g/mol. The van der Waals surface area contributed by atoms with Crippen molar-refractivity contribution in [2.75, 3.05) is 36.8 Å². The highest BCUT2D eigenvalue weighted by molar-refractivity contribution is 7.99. The van der Waals surface area contributed by atoms with Crippen LogP contribution < -0.4 is 4.90 Å². The average molecular weight is 460 g/mol. The molecule has 31 heavy (non-hydrogen) atoms. The summed E-state index contributed by atoms with van der Waals surface area (Å²) in [5.74, 6) is 0.707. The van der Waals surface area contributed by atoms with Crippen molar-refractivity contribution in [2.45, 2.75) is 38.5 Å². The van der Waals surface area contributed by atoms with Gasteiger partial charge < -0.3 is 4.90 Å². The molecule has 0 N–H and O–H groups in total. The number of nitrogens with zero attached hydrogens (tertiary/aromatic N) is 3. The Morgan fingerprint density at radius 2 is 1.84 bits per heavy atom. The number of thioether (sulfide) groups is 1. The van der Waals surface area contributed by atoms with E-state index in [2.05, 4.69) is 37.8 Å². The summed E-state index contributed by atoms with van der Waals surface area (Å²) in [6.07, 6.45) is 1.24. The Labute approximate surface area is 192 Å². The van der Waals surface area contributed by atoms with Crippen LogP contribution >= 0.6 is 23.1 Å². The van der Waals surface area contributed by atoms with Crippen molar-refractivity contribution < 1.29 is 9.18 Å². The molecule has 0 bridgehead atoms. The van der Waals surface area contributed by atoms with Crippen LogP contribution in [0.4, 0.5) is 9.52 Å². The molecule has 166 valence electrons. The number of aryl methyl sites for hydroxylation is 1. The van der Waals surface area contributed by atoms with Crippen LogP contribution in [-0.2, 0) is 4.79 Å². The zero-order chi connectivity index (χ0) is 22.2. The molecular formula is C24H30FN3OS2. The smallest absolute Gasteiger partial charge is 0.228 e. The number of amides is 1. The fourth-order valence-corrected chi connectivity index (χ4v) is 5.32. The lowest BCUT2D eigenvalue weighted by Gasteiger charge is -2.24. The molecule has 1 amide bonds. The van der Waals surface area contributed by atoms with Gasteiger partial charge in [-0.1, -0.05) is 37.3 Å². The van der Waals surface area contributed by atoms with Crippen molar-refractivity contribution in [1.29, 1.82) is 0 Å². The standard InChI is InChI=1S/C24H30FN3OS2/c1-4-27(5-2)15-16-28(24-26-23-18(3)8-6-9-21(23)31-24)22(29)10-7-17-30-20-13-11-19(25)12-14-20/h6,8-9,11-14H,4-5,7,10,15-17H2,1-3H3. The predicted molar refractivity (Wildman–Crippen MR) is 131 cm³/mol. The maximum atomic E-state index is 13.2. The van der Waals surface area contributed by atoms with Gasteiger partial charge in [-0.3, -0.25) is 9.69 Å². The average Bonchev–Trinajstić information content (AvgIpc) is 3.21. The number of anilines is 1. The quantitative estimate of drug-likeness (QED) is 0.261. The number of benzene rings is 2. The number of rotatable bonds is 11. The second-order valence-corrected chi connectivity index (χ2v) is 9.57. The summed E-state index contributed by atoms with van der Waals surface area (Å²) in [6.45, 7) is 9.74. The van der Waals surface area contributed by atoms with E-state index in [1.807, 2.05) is 11.0 Å². The Morgan fingerprint density at radius 1 is 1.10 bits per heavy atom. The first kappa shape index (κ1) is 23.7. The van der Waals surface area contributed by atoms with E-state index < -0.39 is 0 Å². The van der Waals surface area contributed by atoms with Crippen molar-refractivity contribution in [1.82, 2.24) is 9.88 Å². The minimum Gasteiger partial charge on any atom is -0.302 e. The Hall–Kier alpha value is -1.96. The topological polar surface area (TPSA) is 36.4 Å². The zero-order valence-electron chi connectivity index (χ0n) is 18.4. The van der Waals surface area contributed by atoms with Gasteiger partial charge in [0.15, 0.2) is 5.13 Å². The normalized spacial score (nSPS) is 11.4. The van der Waals surface area contributed by atoms with Crippen molar-refractivity contribution in [3.63, 3.8) is 0 Å². The molecule has 1 heterocycles. The first-order chi connectivity index (χ1) is 15.0. The molecule has 0 radical (unpaired) electrons. The summed E-state index contributed by atoms with van der Waals surface area (Å²) in [5.41, 5.74) is 2.11. The first-order valence-electron chi connectivity index (χ1n) is 10.8. The molecule has 3 rings (SSSR count). The van der Waals surface area contributed by atoms with Gasteiger partial charge in [-0.15, -0.1) is 11.8 Å². The van der Waals surface area contributed by atoms with Gasteiger partial charge in [-0.05, 0) is 68.1 Å². The Kier molecular flexibility index (Phi) is 8.87. The number of aromatic nitrogens is 1. The van der Waals surface area contributed by atoms with Gasteiger partial charge in [-0.25, -0.2) is 9.37 Å².